The van der Waals surface area contributed by atoms with Crippen molar-refractivity contribution in [2.45, 2.75) is 24.0 Å². The fraction of sp³-hybridized carbons (Fsp3) is 0.280. The fourth-order valence-electron chi connectivity index (χ4n) is 4.14. The van der Waals surface area contributed by atoms with E-state index in [1.54, 1.807) is 42.5 Å². The summed E-state index contributed by atoms with van der Waals surface area (Å²) in [5.41, 5.74) is 5.17. The van der Waals surface area contributed by atoms with E-state index in [9.17, 15) is 33.9 Å². The number of benzene rings is 1. The largest absolute Gasteiger partial charge is 0.477 e. The van der Waals surface area contributed by atoms with Crippen LogP contribution in [0.5, 0.6) is 0 Å². The van der Waals surface area contributed by atoms with Gasteiger partial charge in [-0.05, 0) is 17.7 Å². The van der Waals surface area contributed by atoms with Crippen molar-refractivity contribution in [1.82, 2.24) is 25.8 Å². The first kappa shape index (κ1) is 29.0. The van der Waals surface area contributed by atoms with E-state index in [-0.39, 0.29) is 23.6 Å². The molecule has 15 nitrogen and oxygen atoms in total. The average Bonchev–Trinajstić information content (AvgIpc) is 3.49. The van der Waals surface area contributed by atoms with Gasteiger partial charge >= 0.3 is 24.1 Å². The number of fused-ring (bicyclic) bond motifs is 1. The van der Waals surface area contributed by atoms with E-state index in [1.165, 1.54) is 13.3 Å². The highest BCUT2D eigenvalue weighted by atomic mass is 32.2. The standard InChI is InChI=1S/C25H26N6O9S/c1-30(24(37)27-10-15-8-5-9-39-15)25(38)29-16(13-6-3-2-4-7-13)19(32)28-17-20(33)31-18(22(34)35)14(11-40-23(26)36)12-41-21(17)31/h2-9,16-17,21H,10-12H2,1H3,(H2,26,36)(H,27,37)(H,28,32)(H,29,38)(H,34,35)/t16?,17?,21-/m0/s1. The number of carbonyl (C=O) groups is 6. The minimum Gasteiger partial charge on any atom is -0.477 e. The molecule has 2 aliphatic heterocycles. The Morgan fingerprint density at radius 1 is 1.17 bits per heavy atom. The minimum atomic E-state index is -1.40. The molecule has 1 aromatic heterocycles. The van der Waals surface area contributed by atoms with Gasteiger partial charge < -0.3 is 35.9 Å². The lowest BCUT2D eigenvalue weighted by molar-refractivity contribution is -0.151. The number of β-lactam (4-membered cyclic amide) rings is 1. The third kappa shape index (κ3) is 6.43. The van der Waals surface area contributed by atoms with Gasteiger partial charge in [0.1, 0.15) is 35.5 Å². The summed E-state index contributed by atoms with van der Waals surface area (Å²) >= 11 is 1.16. The van der Waals surface area contributed by atoms with E-state index in [4.69, 9.17) is 14.9 Å². The molecule has 7 amide bonds. The third-order valence-corrected chi connectivity index (χ3v) is 7.54. The van der Waals surface area contributed by atoms with Gasteiger partial charge in [-0.1, -0.05) is 30.3 Å². The summed E-state index contributed by atoms with van der Waals surface area (Å²) in [7, 11) is 1.22. The zero-order valence-corrected chi connectivity index (χ0v) is 22.4. The number of carbonyl (C=O) groups excluding carboxylic acids is 5. The van der Waals surface area contributed by atoms with Crippen LogP contribution in [-0.4, -0.2) is 81.7 Å². The molecule has 1 fully saturated rings. The summed E-state index contributed by atoms with van der Waals surface area (Å²) in [5.74, 6) is -2.28. The minimum absolute atomic E-state index is 0.0363. The van der Waals surface area contributed by atoms with Crippen LogP contribution in [0.15, 0.2) is 64.4 Å². The van der Waals surface area contributed by atoms with E-state index in [2.05, 4.69) is 16.0 Å². The number of urea groups is 2. The van der Waals surface area contributed by atoms with Gasteiger partial charge in [0.25, 0.3) is 5.91 Å². The second kappa shape index (κ2) is 12.5. The molecule has 1 aromatic carbocycles. The topological polar surface area (TPSA) is 214 Å². The van der Waals surface area contributed by atoms with Gasteiger partial charge in [-0.25, -0.2) is 24.1 Å². The smallest absolute Gasteiger partial charge is 0.404 e. The first-order valence-corrected chi connectivity index (χ1v) is 13.1. The van der Waals surface area contributed by atoms with Gasteiger partial charge in [-0.2, -0.15) is 0 Å². The molecule has 6 N–H and O–H groups in total. The van der Waals surface area contributed by atoms with Crippen molar-refractivity contribution < 1.29 is 43.0 Å². The number of carboxylic acid groups (broad SMARTS) is 1. The summed E-state index contributed by atoms with van der Waals surface area (Å²) in [6, 6.07) is 7.43. The van der Waals surface area contributed by atoms with Crippen molar-refractivity contribution >= 4 is 47.7 Å². The predicted octanol–water partition coefficient (Wildman–Crippen LogP) is 0.706. The number of primary amides is 1. The van der Waals surface area contributed by atoms with Crippen molar-refractivity contribution in [2.24, 2.45) is 5.73 Å². The van der Waals surface area contributed by atoms with Gasteiger partial charge in [0.15, 0.2) is 0 Å². The third-order valence-electron chi connectivity index (χ3n) is 6.20. The number of nitrogens with two attached hydrogens (primary N) is 1. The van der Waals surface area contributed by atoms with Crippen LogP contribution in [0.4, 0.5) is 14.4 Å². The number of nitrogens with zero attached hydrogens (tertiary/aromatic N) is 2. The molecule has 2 aliphatic rings. The Kier molecular flexibility index (Phi) is 8.81. The predicted molar refractivity (Wildman–Crippen MR) is 142 cm³/mol. The van der Waals surface area contributed by atoms with Crippen LogP contribution in [0.25, 0.3) is 0 Å². The number of carboxylic acids is 1. The van der Waals surface area contributed by atoms with E-state index in [0.29, 0.717) is 11.3 Å². The first-order valence-electron chi connectivity index (χ1n) is 12.1. The van der Waals surface area contributed by atoms with Crippen LogP contribution in [0.2, 0.25) is 0 Å². The maximum absolute atomic E-state index is 13.4. The van der Waals surface area contributed by atoms with Gasteiger partial charge in [0.05, 0.1) is 12.8 Å². The van der Waals surface area contributed by atoms with Crippen LogP contribution in [-0.2, 0) is 25.7 Å². The maximum atomic E-state index is 13.4. The lowest BCUT2D eigenvalue weighted by atomic mass is 10.0. The SMILES string of the molecule is CN(C(=O)NCc1ccco1)C(=O)NC(C(=O)NC1C(=O)N2C(C(=O)O)=C(COC(N)=O)CS[C@@H]12)c1ccccc1. The zero-order valence-electron chi connectivity index (χ0n) is 21.6. The molecule has 3 heterocycles. The number of rotatable bonds is 9. The number of aliphatic carboxylic acids is 1. The Morgan fingerprint density at radius 2 is 1.90 bits per heavy atom. The number of hydrogen-bond donors (Lipinski definition) is 5. The lowest BCUT2D eigenvalue weighted by Gasteiger charge is -2.49. The van der Waals surface area contributed by atoms with Gasteiger partial charge in [0, 0.05) is 18.4 Å². The van der Waals surface area contributed by atoms with Crippen molar-refractivity contribution in [2.75, 3.05) is 19.4 Å². The second-order valence-corrected chi connectivity index (χ2v) is 9.96. The van der Waals surface area contributed by atoms with Crippen molar-refractivity contribution in [3.63, 3.8) is 0 Å². The quantitative estimate of drug-likeness (QED) is 0.259. The normalized spacial score (nSPS) is 18.4. The summed E-state index contributed by atoms with van der Waals surface area (Å²) in [6.45, 7) is -0.364. The molecule has 216 valence electrons. The Hall–Kier alpha value is -4.99. The Balaban J connectivity index is 1.45. The Labute approximate surface area is 237 Å². The number of nitrogens with one attached hydrogen (secondary N) is 3. The molecule has 4 rings (SSSR count). The van der Waals surface area contributed by atoms with E-state index in [1.807, 2.05) is 0 Å². The monoisotopic (exact) mass is 586 g/mol. The van der Waals surface area contributed by atoms with E-state index in [0.717, 1.165) is 21.6 Å². The molecule has 0 aliphatic carbocycles. The Bertz CT molecular complexity index is 1380. The molecule has 0 bridgehead atoms. The summed E-state index contributed by atoms with van der Waals surface area (Å²) in [5, 5.41) is 16.6. The molecule has 0 saturated carbocycles. The summed E-state index contributed by atoms with van der Waals surface area (Å²) in [4.78, 5) is 76.4. The van der Waals surface area contributed by atoms with Crippen LogP contribution in [0.1, 0.15) is 17.4 Å². The molecular weight excluding hydrogens is 560 g/mol. The highest BCUT2D eigenvalue weighted by Crippen LogP contribution is 2.40. The van der Waals surface area contributed by atoms with Gasteiger partial charge in [0.2, 0.25) is 5.91 Å². The maximum Gasteiger partial charge on any atom is 0.404 e. The second-order valence-electron chi connectivity index (χ2n) is 8.85. The van der Waals surface area contributed by atoms with Gasteiger partial charge in [-0.3, -0.25) is 14.5 Å². The van der Waals surface area contributed by atoms with Crippen LogP contribution in [0, 0.1) is 0 Å². The van der Waals surface area contributed by atoms with Gasteiger partial charge in [-0.15, -0.1) is 11.8 Å². The number of thioether (sulfide) groups is 1. The molecule has 2 unspecified atom stereocenters. The van der Waals surface area contributed by atoms with Crippen LogP contribution >= 0.6 is 11.8 Å². The number of ether oxygens (including phenoxy) is 1. The number of hydrogen-bond acceptors (Lipinski definition) is 9. The van der Waals surface area contributed by atoms with Crippen LogP contribution in [0.3, 0.4) is 0 Å². The highest BCUT2D eigenvalue weighted by Gasteiger charge is 2.54. The summed E-state index contributed by atoms with van der Waals surface area (Å²) in [6.07, 6.45) is 0.346. The molecule has 2 aromatic rings. The number of furan rings is 1. The first-order chi connectivity index (χ1) is 19.6. The fourth-order valence-corrected chi connectivity index (χ4v) is 5.47. The Morgan fingerprint density at radius 3 is 2.54 bits per heavy atom. The van der Waals surface area contributed by atoms with Crippen LogP contribution < -0.4 is 21.7 Å². The summed E-state index contributed by atoms with van der Waals surface area (Å²) < 4.78 is 9.85. The number of imide groups is 1. The van der Waals surface area contributed by atoms with Crippen molar-refractivity contribution in [3.8, 4) is 0 Å². The lowest BCUT2D eigenvalue weighted by Crippen LogP contribution is -2.71. The molecule has 0 spiro atoms. The highest BCUT2D eigenvalue weighted by molar-refractivity contribution is 8.00. The molecule has 16 heteroatoms. The zero-order chi connectivity index (χ0) is 29.7. The molecule has 0 radical (unpaired) electrons. The van der Waals surface area contributed by atoms with E-state index >= 15 is 0 Å². The molecule has 1 saturated heterocycles. The van der Waals surface area contributed by atoms with E-state index < -0.39 is 60.0 Å². The van der Waals surface area contributed by atoms with Crippen molar-refractivity contribution in [3.05, 3.63) is 71.3 Å². The average molecular weight is 587 g/mol. The molecular formula is C25H26N6O9S. The molecule has 3 atom stereocenters. The van der Waals surface area contributed by atoms with Crippen molar-refractivity contribution in [1.29, 1.82) is 0 Å². The number of amides is 7. The molecule has 41 heavy (non-hydrogen) atoms.